The lowest BCUT2D eigenvalue weighted by atomic mass is 10.1. The summed E-state index contributed by atoms with van der Waals surface area (Å²) < 4.78 is 0. The number of nitrogens with zero attached hydrogens (tertiary/aromatic N) is 2. The van der Waals surface area contributed by atoms with E-state index in [1.165, 1.54) is 30.6 Å². The summed E-state index contributed by atoms with van der Waals surface area (Å²) in [7, 11) is 0. The Hall–Kier alpha value is -1.90. The van der Waals surface area contributed by atoms with Crippen LogP contribution in [0.4, 0.5) is 0 Å². The van der Waals surface area contributed by atoms with Crippen LogP contribution in [0.15, 0.2) is 23.1 Å². The van der Waals surface area contributed by atoms with Crippen molar-refractivity contribution < 1.29 is 19.5 Å². The quantitative estimate of drug-likeness (QED) is 0.244. The minimum atomic E-state index is -0.313. The summed E-state index contributed by atoms with van der Waals surface area (Å²) in [6.07, 6.45) is 8.01. The Kier molecular flexibility index (Phi) is 10.2. The molecule has 0 aliphatic carbocycles. The Balaban J connectivity index is 1.36. The van der Waals surface area contributed by atoms with Gasteiger partial charge in [-0.15, -0.1) is 11.8 Å². The highest BCUT2D eigenvalue weighted by Crippen LogP contribution is 2.34. The monoisotopic (exact) mass is 475 g/mol. The van der Waals surface area contributed by atoms with E-state index in [1.54, 1.807) is 0 Å². The van der Waals surface area contributed by atoms with Crippen LogP contribution in [-0.4, -0.2) is 70.7 Å². The maximum atomic E-state index is 12.9. The van der Waals surface area contributed by atoms with Gasteiger partial charge in [-0.25, -0.2) is 0 Å². The second-order valence-electron chi connectivity index (χ2n) is 9.15. The van der Waals surface area contributed by atoms with Gasteiger partial charge in [-0.05, 0) is 62.6 Å². The summed E-state index contributed by atoms with van der Waals surface area (Å²) >= 11 is 1.83. The Morgan fingerprint density at radius 2 is 2.06 bits per heavy atom. The van der Waals surface area contributed by atoms with Gasteiger partial charge in [0.25, 0.3) is 5.91 Å². The van der Waals surface area contributed by atoms with E-state index < -0.39 is 0 Å². The SMILES string of the molecule is CC(CCC(=O)NC=O)N1Cc2c(SCCCCCCCN3CCC(O)C3)cccc2C1=O. The van der Waals surface area contributed by atoms with Crippen LogP contribution in [0.3, 0.4) is 0 Å². The normalized spacial score (nSPS) is 19.0. The number of benzene rings is 1. The van der Waals surface area contributed by atoms with E-state index in [0.29, 0.717) is 19.4 Å². The number of hydrogen-bond acceptors (Lipinski definition) is 6. The van der Waals surface area contributed by atoms with E-state index in [2.05, 4.69) is 16.3 Å². The molecule has 0 aromatic heterocycles. The highest BCUT2D eigenvalue weighted by Gasteiger charge is 2.32. The van der Waals surface area contributed by atoms with E-state index >= 15 is 0 Å². The lowest BCUT2D eigenvalue weighted by Crippen LogP contribution is -2.34. The number of β-amino-alcohol motifs (C(OH)–C–C–N with tert-alkyl or cyclic N) is 1. The summed E-state index contributed by atoms with van der Waals surface area (Å²) in [4.78, 5) is 40.2. The molecule has 0 bridgehead atoms. The number of hydrogen-bond donors (Lipinski definition) is 2. The number of thioether (sulfide) groups is 1. The molecule has 2 unspecified atom stereocenters. The van der Waals surface area contributed by atoms with E-state index in [-0.39, 0.29) is 30.4 Å². The molecule has 0 spiro atoms. The van der Waals surface area contributed by atoms with Crippen molar-refractivity contribution in [2.45, 2.75) is 81.9 Å². The van der Waals surface area contributed by atoms with Crippen molar-refractivity contribution in [3.8, 4) is 0 Å². The van der Waals surface area contributed by atoms with Gasteiger partial charge in [0.05, 0.1) is 6.10 Å². The number of nitrogens with one attached hydrogen (secondary N) is 1. The number of fused-ring (bicyclic) bond motifs is 1. The molecule has 0 radical (unpaired) electrons. The summed E-state index contributed by atoms with van der Waals surface area (Å²) in [5.41, 5.74) is 1.88. The number of imide groups is 1. The minimum Gasteiger partial charge on any atom is -0.392 e. The van der Waals surface area contributed by atoms with Crippen molar-refractivity contribution in [1.82, 2.24) is 15.1 Å². The smallest absolute Gasteiger partial charge is 0.254 e. The third kappa shape index (κ3) is 7.55. The third-order valence-corrected chi connectivity index (χ3v) is 7.80. The van der Waals surface area contributed by atoms with Crippen molar-refractivity contribution in [3.05, 3.63) is 29.3 Å². The maximum Gasteiger partial charge on any atom is 0.254 e. The molecule has 2 N–H and O–H groups in total. The molecule has 3 amide bonds. The molecule has 1 aromatic carbocycles. The third-order valence-electron chi connectivity index (χ3n) is 6.62. The summed E-state index contributed by atoms with van der Waals surface area (Å²) in [6, 6.07) is 5.89. The molecule has 33 heavy (non-hydrogen) atoms. The van der Waals surface area contributed by atoms with E-state index in [4.69, 9.17) is 0 Å². The predicted molar refractivity (Wildman–Crippen MR) is 130 cm³/mol. The van der Waals surface area contributed by atoms with Crippen molar-refractivity contribution in [3.63, 3.8) is 0 Å². The van der Waals surface area contributed by atoms with Crippen LogP contribution in [-0.2, 0) is 16.1 Å². The van der Waals surface area contributed by atoms with Crippen molar-refractivity contribution in [1.29, 1.82) is 0 Å². The van der Waals surface area contributed by atoms with Crippen LogP contribution in [0.1, 0.15) is 74.2 Å². The lowest BCUT2D eigenvalue weighted by molar-refractivity contribution is -0.125. The zero-order valence-electron chi connectivity index (χ0n) is 19.6. The average Bonchev–Trinajstić information content (AvgIpc) is 3.37. The number of rotatable bonds is 14. The fourth-order valence-electron chi connectivity index (χ4n) is 4.62. The van der Waals surface area contributed by atoms with Gasteiger partial charge in [-0.3, -0.25) is 19.7 Å². The van der Waals surface area contributed by atoms with Crippen molar-refractivity contribution >= 4 is 30.0 Å². The van der Waals surface area contributed by atoms with Gasteiger partial charge >= 0.3 is 0 Å². The van der Waals surface area contributed by atoms with Gasteiger partial charge in [0.15, 0.2) is 0 Å². The minimum absolute atomic E-state index is 0.0290. The number of likely N-dealkylation sites (tertiary alicyclic amines) is 1. The van der Waals surface area contributed by atoms with Crippen LogP contribution in [0, 0.1) is 0 Å². The Bertz CT molecular complexity index is 819. The van der Waals surface area contributed by atoms with E-state index in [9.17, 15) is 19.5 Å². The van der Waals surface area contributed by atoms with Gasteiger partial charge in [-0.2, -0.15) is 0 Å². The molecule has 2 heterocycles. The second kappa shape index (κ2) is 13.1. The van der Waals surface area contributed by atoms with Crippen LogP contribution in [0.5, 0.6) is 0 Å². The zero-order chi connectivity index (χ0) is 23.6. The fourth-order valence-corrected chi connectivity index (χ4v) is 5.71. The van der Waals surface area contributed by atoms with Gasteiger partial charge in [0.2, 0.25) is 12.3 Å². The Labute approximate surface area is 201 Å². The largest absolute Gasteiger partial charge is 0.392 e. The lowest BCUT2D eigenvalue weighted by Gasteiger charge is -2.24. The van der Waals surface area contributed by atoms with E-state index in [1.807, 2.05) is 35.7 Å². The van der Waals surface area contributed by atoms with Crippen LogP contribution < -0.4 is 5.32 Å². The molecule has 1 fully saturated rings. The van der Waals surface area contributed by atoms with Crippen LogP contribution in [0.2, 0.25) is 0 Å². The molecular formula is C25H37N3O4S. The van der Waals surface area contributed by atoms with E-state index in [0.717, 1.165) is 49.4 Å². The first kappa shape index (κ1) is 25.7. The zero-order valence-corrected chi connectivity index (χ0v) is 20.4. The van der Waals surface area contributed by atoms with Crippen molar-refractivity contribution in [2.24, 2.45) is 0 Å². The highest BCUT2D eigenvalue weighted by molar-refractivity contribution is 7.99. The molecular weight excluding hydrogens is 438 g/mol. The molecule has 1 aromatic rings. The van der Waals surface area contributed by atoms with Crippen molar-refractivity contribution in [2.75, 3.05) is 25.4 Å². The van der Waals surface area contributed by atoms with Crippen LogP contribution >= 0.6 is 11.8 Å². The van der Waals surface area contributed by atoms with Gasteiger partial charge < -0.3 is 14.9 Å². The number of carbonyl (C=O) groups is 3. The summed E-state index contributed by atoms with van der Waals surface area (Å²) in [6.45, 7) is 5.52. The van der Waals surface area contributed by atoms with Gasteiger partial charge in [-0.1, -0.05) is 25.3 Å². The molecule has 182 valence electrons. The first-order chi connectivity index (χ1) is 16.0. The number of amides is 3. The number of aliphatic hydroxyl groups is 1. The second-order valence-corrected chi connectivity index (χ2v) is 10.3. The maximum absolute atomic E-state index is 12.9. The molecule has 8 heteroatoms. The average molecular weight is 476 g/mol. The molecule has 1 saturated heterocycles. The topological polar surface area (TPSA) is 90.0 Å². The standard InChI is InChI=1S/C25H37N3O4S/c1-19(10-11-24(31)26-18-29)28-17-22-21(25(28)32)8-7-9-23(22)33-15-6-4-2-3-5-13-27-14-12-20(30)16-27/h7-9,18-20,30H,2-6,10-17H2,1H3,(H,26,29,31). The predicted octanol–water partition coefficient (Wildman–Crippen LogP) is 3.19. The molecule has 2 aliphatic rings. The first-order valence-corrected chi connectivity index (χ1v) is 13.2. The Morgan fingerprint density at radius 1 is 1.27 bits per heavy atom. The molecule has 0 saturated carbocycles. The highest BCUT2D eigenvalue weighted by atomic mass is 32.2. The van der Waals surface area contributed by atoms with Crippen LogP contribution in [0.25, 0.3) is 0 Å². The number of carbonyl (C=O) groups excluding carboxylic acids is 3. The molecule has 3 rings (SSSR count). The fraction of sp³-hybridized carbons (Fsp3) is 0.640. The van der Waals surface area contributed by atoms with Gasteiger partial charge in [0.1, 0.15) is 0 Å². The Morgan fingerprint density at radius 3 is 2.82 bits per heavy atom. The molecule has 7 nitrogen and oxygen atoms in total. The number of unbranched alkanes of at least 4 members (excludes halogenated alkanes) is 4. The summed E-state index contributed by atoms with van der Waals surface area (Å²) in [5.74, 6) is 0.762. The summed E-state index contributed by atoms with van der Waals surface area (Å²) in [5, 5.41) is 11.7. The molecule has 2 aliphatic heterocycles. The van der Waals surface area contributed by atoms with Gasteiger partial charge in [0, 0.05) is 42.6 Å². The number of aliphatic hydroxyl groups excluding tert-OH is 1. The molecule has 2 atom stereocenters. The first-order valence-electron chi connectivity index (χ1n) is 12.2.